The SMILES string of the molecule is CNC(=O)[C@@H](Cc1ccccc1)N(Cc1ccc(C)cc1)C(=O)CN(c1cc(OC)ccc1OC)S(=O)(=O)c1ccccc1. The van der Waals surface area contributed by atoms with Crippen LogP contribution in [0.4, 0.5) is 5.69 Å². The standard InChI is InChI=1S/C34H37N3O6S/c1-25-15-17-27(18-16-25)23-36(31(34(39)35-2)21-26-11-7-5-8-12-26)33(38)24-37(44(40,41)29-13-9-6-10-14-29)30-22-28(42-3)19-20-32(30)43-4/h5-20,22,31H,21,23-24H2,1-4H3,(H,35,39)/t31-/m1/s1. The topological polar surface area (TPSA) is 105 Å². The number of likely N-dealkylation sites (N-methyl/N-ethyl adjacent to an activating group) is 1. The molecule has 0 radical (unpaired) electrons. The van der Waals surface area contributed by atoms with Crippen LogP contribution in [0.5, 0.6) is 11.5 Å². The molecule has 44 heavy (non-hydrogen) atoms. The Morgan fingerprint density at radius 1 is 0.818 bits per heavy atom. The summed E-state index contributed by atoms with van der Waals surface area (Å²) in [5.74, 6) is -0.328. The van der Waals surface area contributed by atoms with Crippen LogP contribution in [0.25, 0.3) is 0 Å². The Labute approximate surface area is 259 Å². The second-order valence-corrected chi connectivity index (χ2v) is 12.1. The number of carbonyl (C=O) groups is 2. The summed E-state index contributed by atoms with van der Waals surface area (Å²) in [6, 6.07) is 28.7. The Morgan fingerprint density at radius 3 is 2.05 bits per heavy atom. The Bertz CT molecular complexity index is 1660. The van der Waals surface area contributed by atoms with Crippen LogP contribution in [0.3, 0.4) is 0 Å². The maximum atomic E-state index is 14.5. The number of benzene rings is 4. The normalized spacial score (nSPS) is 11.7. The molecule has 2 amide bonds. The van der Waals surface area contributed by atoms with Crippen LogP contribution >= 0.6 is 0 Å². The minimum absolute atomic E-state index is 0.00473. The summed E-state index contributed by atoms with van der Waals surface area (Å²) in [6.45, 7) is 1.44. The summed E-state index contributed by atoms with van der Waals surface area (Å²) in [6.07, 6.45) is 0.228. The van der Waals surface area contributed by atoms with Crippen LogP contribution in [0.15, 0.2) is 108 Å². The molecule has 0 aliphatic rings. The predicted octanol–water partition coefficient (Wildman–Crippen LogP) is 4.59. The van der Waals surface area contributed by atoms with Crippen molar-refractivity contribution in [1.29, 1.82) is 0 Å². The van der Waals surface area contributed by atoms with Crippen molar-refractivity contribution in [3.05, 3.63) is 120 Å². The fourth-order valence-corrected chi connectivity index (χ4v) is 6.27. The lowest BCUT2D eigenvalue weighted by atomic mass is 10.0. The van der Waals surface area contributed by atoms with Gasteiger partial charge in [-0.2, -0.15) is 0 Å². The van der Waals surface area contributed by atoms with Gasteiger partial charge in [0, 0.05) is 26.1 Å². The second kappa shape index (κ2) is 14.6. The molecule has 0 saturated heterocycles. The fraction of sp³-hybridized carbons (Fsp3) is 0.235. The third kappa shape index (κ3) is 7.57. The number of nitrogens with one attached hydrogen (secondary N) is 1. The number of methoxy groups -OCH3 is 2. The van der Waals surface area contributed by atoms with Crippen molar-refractivity contribution in [2.24, 2.45) is 0 Å². The number of carbonyl (C=O) groups excluding carboxylic acids is 2. The van der Waals surface area contributed by atoms with E-state index in [1.54, 1.807) is 30.3 Å². The average molecular weight is 616 g/mol. The van der Waals surface area contributed by atoms with Gasteiger partial charge in [-0.25, -0.2) is 8.42 Å². The van der Waals surface area contributed by atoms with Gasteiger partial charge in [-0.1, -0.05) is 78.4 Å². The highest BCUT2D eigenvalue weighted by Gasteiger charge is 2.35. The minimum Gasteiger partial charge on any atom is -0.497 e. The highest BCUT2D eigenvalue weighted by Crippen LogP contribution is 2.36. The number of hydrogen-bond donors (Lipinski definition) is 1. The van der Waals surface area contributed by atoms with Crippen molar-refractivity contribution in [3.63, 3.8) is 0 Å². The molecule has 0 bridgehead atoms. The Kier molecular flexibility index (Phi) is 10.6. The molecule has 0 aromatic heterocycles. The first kappa shape index (κ1) is 32.1. The largest absolute Gasteiger partial charge is 0.497 e. The third-order valence-electron chi connectivity index (χ3n) is 7.26. The second-order valence-electron chi connectivity index (χ2n) is 10.2. The van der Waals surface area contributed by atoms with Crippen LogP contribution in [0, 0.1) is 6.92 Å². The molecule has 4 aromatic rings. The van der Waals surface area contributed by atoms with E-state index in [2.05, 4.69) is 5.32 Å². The van der Waals surface area contributed by atoms with Gasteiger partial charge in [0.25, 0.3) is 10.0 Å². The lowest BCUT2D eigenvalue weighted by Crippen LogP contribution is -2.53. The van der Waals surface area contributed by atoms with E-state index >= 15 is 0 Å². The van der Waals surface area contributed by atoms with E-state index in [9.17, 15) is 18.0 Å². The maximum absolute atomic E-state index is 14.5. The molecule has 4 aromatic carbocycles. The number of amides is 2. The average Bonchev–Trinajstić information content (AvgIpc) is 3.06. The smallest absolute Gasteiger partial charge is 0.264 e. The summed E-state index contributed by atoms with van der Waals surface area (Å²) in [7, 11) is 0.125. The summed E-state index contributed by atoms with van der Waals surface area (Å²) in [5, 5.41) is 2.69. The zero-order valence-corrected chi connectivity index (χ0v) is 26.1. The summed E-state index contributed by atoms with van der Waals surface area (Å²) in [5.41, 5.74) is 2.82. The van der Waals surface area contributed by atoms with E-state index < -0.39 is 28.5 Å². The van der Waals surface area contributed by atoms with Crippen molar-refractivity contribution >= 4 is 27.5 Å². The van der Waals surface area contributed by atoms with Gasteiger partial charge in [-0.3, -0.25) is 13.9 Å². The van der Waals surface area contributed by atoms with Crippen LogP contribution in [0.2, 0.25) is 0 Å². The molecule has 0 aliphatic heterocycles. The number of nitrogens with zero attached hydrogens (tertiary/aromatic N) is 2. The summed E-state index contributed by atoms with van der Waals surface area (Å²) >= 11 is 0. The van der Waals surface area contributed by atoms with Crippen LogP contribution in [-0.4, -0.2) is 59.0 Å². The van der Waals surface area contributed by atoms with Gasteiger partial charge in [0.1, 0.15) is 24.1 Å². The van der Waals surface area contributed by atoms with Crippen LogP contribution in [-0.2, 0) is 32.6 Å². The Morgan fingerprint density at radius 2 is 1.45 bits per heavy atom. The molecule has 1 atom stereocenters. The molecule has 0 aliphatic carbocycles. The van der Waals surface area contributed by atoms with E-state index in [4.69, 9.17) is 9.47 Å². The lowest BCUT2D eigenvalue weighted by molar-refractivity contribution is -0.139. The first-order valence-electron chi connectivity index (χ1n) is 14.1. The molecular formula is C34H37N3O6S. The molecule has 0 saturated carbocycles. The van der Waals surface area contributed by atoms with Gasteiger partial charge in [0.15, 0.2) is 0 Å². The first-order valence-corrected chi connectivity index (χ1v) is 15.5. The minimum atomic E-state index is -4.28. The van der Waals surface area contributed by atoms with E-state index in [1.807, 2.05) is 61.5 Å². The van der Waals surface area contributed by atoms with Gasteiger partial charge < -0.3 is 19.7 Å². The molecule has 4 rings (SSSR count). The monoisotopic (exact) mass is 615 g/mol. The highest BCUT2D eigenvalue weighted by atomic mass is 32.2. The van der Waals surface area contributed by atoms with Gasteiger partial charge in [-0.05, 0) is 42.3 Å². The Hall–Kier alpha value is -4.83. The van der Waals surface area contributed by atoms with Crippen LogP contribution < -0.4 is 19.1 Å². The maximum Gasteiger partial charge on any atom is 0.264 e. The number of anilines is 1. The molecule has 9 nitrogen and oxygen atoms in total. The zero-order chi connectivity index (χ0) is 31.7. The quantitative estimate of drug-likeness (QED) is 0.236. The predicted molar refractivity (Wildman–Crippen MR) is 170 cm³/mol. The number of aryl methyl sites for hydroxylation is 1. The molecule has 0 spiro atoms. The number of rotatable bonds is 13. The molecule has 0 unspecified atom stereocenters. The number of hydrogen-bond acceptors (Lipinski definition) is 6. The van der Waals surface area contributed by atoms with Gasteiger partial charge >= 0.3 is 0 Å². The van der Waals surface area contributed by atoms with E-state index in [0.29, 0.717) is 5.75 Å². The number of ether oxygens (including phenoxy) is 2. The van der Waals surface area contributed by atoms with Crippen molar-refractivity contribution in [2.75, 3.05) is 32.1 Å². The van der Waals surface area contributed by atoms with Crippen molar-refractivity contribution < 1.29 is 27.5 Å². The van der Waals surface area contributed by atoms with E-state index in [1.165, 1.54) is 44.4 Å². The highest BCUT2D eigenvalue weighted by molar-refractivity contribution is 7.92. The van der Waals surface area contributed by atoms with Crippen LogP contribution in [0.1, 0.15) is 16.7 Å². The Balaban J connectivity index is 1.84. The first-order chi connectivity index (χ1) is 21.2. The van der Waals surface area contributed by atoms with Gasteiger partial charge in [0.05, 0.1) is 24.8 Å². The summed E-state index contributed by atoms with van der Waals surface area (Å²) < 4.78 is 40.3. The lowest BCUT2D eigenvalue weighted by Gasteiger charge is -2.34. The zero-order valence-electron chi connectivity index (χ0n) is 25.3. The van der Waals surface area contributed by atoms with Crippen molar-refractivity contribution in [1.82, 2.24) is 10.2 Å². The van der Waals surface area contributed by atoms with Crippen molar-refractivity contribution in [2.45, 2.75) is 30.8 Å². The fourth-order valence-electron chi connectivity index (χ4n) is 4.84. The van der Waals surface area contributed by atoms with E-state index in [-0.39, 0.29) is 35.2 Å². The molecule has 10 heteroatoms. The molecule has 0 heterocycles. The van der Waals surface area contributed by atoms with Crippen molar-refractivity contribution in [3.8, 4) is 11.5 Å². The molecule has 230 valence electrons. The molecule has 0 fully saturated rings. The number of sulfonamides is 1. The summed E-state index contributed by atoms with van der Waals surface area (Å²) in [4.78, 5) is 29.3. The molecule has 1 N–H and O–H groups in total. The van der Waals surface area contributed by atoms with E-state index in [0.717, 1.165) is 21.0 Å². The van der Waals surface area contributed by atoms with Gasteiger partial charge in [-0.15, -0.1) is 0 Å². The molecular weight excluding hydrogens is 578 g/mol. The third-order valence-corrected chi connectivity index (χ3v) is 9.03. The van der Waals surface area contributed by atoms with Gasteiger partial charge in [0.2, 0.25) is 11.8 Å².